The van der Waals surface area contributed by atoms with Crippen molar-refractivity contribution in [2.24, 2.45) is 0 Å². The average Bonchev–Trinajstić information content (AvgIpc) is 3.28. The van der Waals surface area contributed by atoms with Gasteiger partial charge in [-0.15, -0.1) is 0 Å². The van der Waals surface area contributed by atoms with Crippen molar-refractivity contribution in [3.8, 4) is 11.5 Å². The predicted octanol–water partition coefficient (Wildman–Crippen LogP) is 2.81. The molecule has 1 amide bonds. The first-order valence-electron chi connectivity index (χ1n) is 11.9. The number of fused-ring (bicyclic) bond motifs is 1. The van der Waals surface area contributed by atoms with Gasteiger partial charge in [-0.1, -0.05) is 0 Å². The molecule has 0 fully saturated rings. The van der Waals surface area contributed by atoms with Crippen LogP contribution in [0.5, 0.6) is 11.5 Å². The Hall–Kier alpha value is -4.41. The summed E-state index contributed by atoms with van der Waals surface area (Å²) >= 11 is 0. The van der Waals surface area contributed by atoms with Gasteiger partial charge >= 0.3 is 0 Å². The van der Waals surface area contributed by atoms with Crippen LogP contribution in [0.15, 0.2) is 48.2 Å². The van der Waals surface area contributed by atoms with Gasteiger partial charge in [-0.25, -0.2) is 15.0 Å². The first-order valence-corrected chi connectivity index (χ1v) is 11.9. The number of hydrogen-bond acceptors (Lipinski definition) is 9. The van der Waals surface area contributed by atoms with Crippen molar-refractivity contribution in [3.05, 3.63) is 59.8 Å². The van der Waals surface area contributed by atoms with Crippen LogP contribution in [0.3, 0.4) is 0 Å². The van der Waals surface area contributed by atoms with E-state index in [0.717, 1.165) is 0 Å². The third-order valence-corrected chi connectivity index (χ3v) is 5.41. The van der Waals surface area contributed by atoms with Crippen molar-refractivity contribution in [2.75, 3.05) is 19.8 Å². The van der Waals surface area contributed by atoms with E-state index in [0.29, 0.717) is 65.3 Å². The SMILES string of the molecule is CCN/C=C1/NC(=O)C(c2nc3cc(OCC)c(OCC)cc3[nH]2)=C(N[C@@H](C)c2ncccn2)C1=N. The van der Waals surface area contributed by atoms with Crippen LogP contribution < -0.4 is 25.4 Å². The Labute approximate surface area is 208 Å². The molecular weight excluding hydrogens is 460 g/mol. The van der Waals surface area contributed by atoms with Crippen molar-refractivity contribution in [1.82, 2.24) is 35.9 Å². The lowest BCUT2D eigenvalue weighted by atomic mass is 10.0. The molecule has 188 valence electrons. The molecule has 3 heterocycles. The zero-order valence-electron chi connectivity index (χ0n) is 20.7. The lowest BCUT2D eigenvalue weighted by Gasteiger charge is -2.26. The Morgan fingerprint density at radius 2 is 1.81 bits per heavy atom. The maximum Gasteiger partial charge on any atom is 0.261 e. The summed E-state index contributed by atoms with van der Waals surface area (Å²) in [5.74, 6) is 1.61. The Morgan fingerprint density at radius 1 is 1.11 bits per heavy atom. The summed E-state index contributed by atoms with van der Waals surface area (Å²) in [5.41, 5.74) is 2.27. The number of nitrogens with zero attached hydrogens (tertiary/aromatic N) is 3. The molecule has 0 aliphatic carbocycles. The van der Waals surface area contributed by atoms with Crippen LogP contribution in [-0.4, -0.2) is 51.3 Å². The fraction of sp³-hybridized carbons (Fsp3) is 0.320. The van der Waals surface area contributed by atoms with Gasteiger partial charge in [0.1, 0.15) is 22.9 Å². The largest absolute Gasteiger partial charge is 0.490 e. The molecule has 0 saturated heterocycles. The van der Waals surface area contributed by atoms with Gasteiger partial charge in [-0.05, 0) is 33.8 Å². The van der Waals surface area contributed by atoms with Gasteiger partial charge in [0.2, 0.25) is 0 Å². The normalized spacial score (nSPS) is 15.7. The van der Waals surface area contributed by atoms with Crippen LogP contribution in [0.1, 0.15) is 45.4 Å². The Kier molecular flexibility index (Phi) is 7.47. The zero-order valence-corrected chi connectivity index (χ0v) is 20.7. The highest BCUT2D eigenvalue weighted by Crippen LogP contribution is 2.33. The number of ether oxygens (including phenoxy) is 2. The summed E-state index contributed by atoms with van der Waals surface area (Å²) in [4.78, 5) is 29.8. The number of nitrogens with one attached hydrogen (secondary N) is 5. The quantitative estimate of drug-likeness (QED) is 0.291. The topological polar surface area (TPSA) is 150 Å². The molecule has 1 aliphatic rings. The molecule has 0 unspecified atom stereocenters. The third kappa shape index (κ3) is 4.99. The number of aromatic amines is 1. The summed E-state index contributed by atoms with van der Waals surface area (Å²) in [5, 5.41) is 18.0. The molecule has 4 rings (SSSR count). The number of imidazole rings is 1. The van der Waals surface area contributed by atoms with E-state index in [1.54, 1.807) is 36.8 Å². The molecule has 0 radical (unpaired) electrons. The molecule has 1 aromatic carbocycles. The standard InChI is InChI=1S/C25H30N8O3/c1-5-27-13-17-21(26)22(30-14(4)23-28-9-8-10-29-23)20(25(34)33-17)24-31-15-11-18(35-6-2)19(36-7-3)12-16(15)32-24/h8-14,26-27,30H,5-7H2,1-4H3,(H,31,32)(H,33,34)/b17-13+,26-21?/t14-/m0/s1. The van der Waals surface area contributed by atoms with Gasteiger partial charge in [0, 0.05) is 37.3 Å². The van der Waals surface area contributed by atoms with E-state index in [1.807, 2.05) is 27.7 Å². The van der Waals surface area contributed by atoms with E-state index in [9.17, 15) is 4.79 Å². The molecule has 0 bridgehead atoms. The molecule has 1 atom stereocenters. The first kappa shape index (κ1) is 24.7. The minimum atomic E-state index is -0.395. The lowest BCUT2D eigenvalue weighted by Crippen LogP contribution is -2.41. The van der Waals surface area contributed by atoms with Gasteiger partial charge in [-0.2, -0.15) is 0 Å². The van der Waals surface area contributed by atoms with Crippen molar-refractivity contribution in [1.29, 1.82) is 5.41 Å². The molecule has 11 nitrogen and oxygen atoms in total. The number of carbonyl (C=O) groups is 1. The Morgan fingerprint density at radius 3 is 2.47 bits per heavy atom. The second-order valence-electron chi connectivity index (χ2n) is 7.94. The van der Waals surface area contributed by atoms with Gasteiger partial charge in [0.05, 0.1) is 41.7 Å². The molecule has 5 N–H and O–H groups in total. The third-order valence-electron chi connectivity index (χ3n) is 5.41. The number of benzene rings is 1. The molecule has 3 aromatic rings. The number of amides is 1. The molecule has 0 saturated carbocycles. The predicted molar refractivity (Wildman–Crippen MR) is 137 cm³/mol. The van der Waals surface area contributed by atoms with E-state index in [4.69, 9.17) is 14.9 Å². The van der Waals surface area contributed by atoms with Gasteiger partial charge < -0.3 is 30.4 Å². The summed E-state index contributed by atoms with van der Waals surface area (Å²) in [7, 11) is 0. The van der Waals surface area contributed by atoms with Crippen LogP contribution in [0.2, 0.25) is 0 Å². The zero-order chi connectivity index (χ0) is 25.7. The number of H-pyrrole nitrogens is 1. The van der Waals surface area contributed by atoms with Crippen LogP contribution >= 0.6 is 0 Å². The van der Waals surface area contributed by atoms with E-state index in [1.165, 1.54) is 0 Å². The summed E-state index contributed by atoms with van der Waals surface area (Å²) in [6.07, 6.45) is 4.91. The highest BCUT2D eigenvalue weighted by molar-refractivity contribution is 6.33. The second kappa shape index (κ2) is 10.9. The number of aromatic nitrogens is 4. The Bertz CT molecular complexity index is 1290. The summed E-state index contributed by atoms with van der Waals surface area (Å²) in [6.45, 7) is 9.20. The lowest BCUT2D eigenvalue weighted by molar-refractivity contribution is -0.115. The molecule has 1 aliphatic heterocycles. The van der Waals surface area contributed by atoms with Crippen LogP contribution in [-0.2, 0) is 4.79 Å². The van der Waals surface area contributed by atoms with Gasteiger partial charge in [0.25, 0.3) is 5.91 Å². The highest BCUT2D eigenvalue weighted by Gasteiger charge is 2.32. The number of rotatable bonds is 10. The molecule has 2 aromatic heterocycles. The van der Waals surface area contributed by atoms with E-state index >= 15 is 0 Å². The highest BCUT2D eigenvalue weighted by atomic mass is 16.5. The van der Waals surface area contributed by atoms with Crippen LogP contribution in [0.4, 0.5) is 0 Å². The smallest absolute Gasteiger partial charge is 0.261 e. The van der Waals surface area contributed by atoms with Crippen LogP contribution in [0.25, 0.3) is 16.6 Å². The van der Waals surface area contributed by atoms with Crippen molar-refractivity contribution >= 4 is 28.2 Å². The fourth-order valence-corrected chi connectivity index (χ4v) is 3.79. The maximum absolute atomic E-state index is 13.3. The Balaban J connectivity index is 1.83. The van der Waals surface area contributed by atoms with Gasteiger partial charge in [-0.3, -0.25) is 10.2 Å². The number of carbonyl (C=O) groups excluding carboxylic acids is 1. The minimum Gasteiger partial charge on any atom is -0.490 e. The van der Waals surface area contributed by atoms with E-state index < -0.39 is 5.91 Å². The van der Waals surface area contributed by atoms with Crippen molar-refractivity contribution < 1.29 is 14.3 Å². The summed E-state index contributed by atoms with van der Waals surface area (Å²) in [6, 6.07) is 4.94. The average molecular weight is 491 g/mol. The molecule has 36 heavy (non-hydrogen) atoms. The maximum atomic E-state index is 13.3. The van der Waals surface area contributed by atoms with Crippen molar-refractivity contribution in [2.45, 2.75) is 33.7 Å². The minimum absolute atomic E-state index is 0.110. The van der Waals surface area contributed by atoms with Gasteiger partial charge in [0.15, 0.2) is 11.5 Å². The monoisotopic (exact) mass is 490 g/mol. The van der Waals surface area contributed by atoms with Crippen molar-refractivity contribution in [3.63, 3.8) is 0 Å². The second-order valence-corrected chi connectivity index (χ2v) is 7.94. The van der Waals surface area contributed by atoms with Crippen LogP contribution in [0, 0.1) is 5.41 Å². The first-order chi connectivity index (χ1) is 17.5. The molecule has 0 spiro atoms. The molecular formula is C25H30N8O3. The molecule has 11 heteroatoms. The fourth-order valence-electron chi connectivity index (χ4n) is 3.79. The summed E-state index contributed by atoms with van der Waals surface area (Å²) < 4.78 is 11.4. The van der Waals surface area contributed by atoms with E-state index in [2.05, 4.69) is 35.9 Å². The number of hydrogen-bond donors (Lipinski definition) is 5. The van der Waals surface area contributed by atoms with E-state index in [-0.39, 0.29) is 17.3 Å².